The van der Waals surface area contributed by atoms with E-state index in [1.54, 1.807) is 35.8 Å². The second-order valence-corrected chi connectivity index (χ2v) is 7.54. The van der Waals surface area contributed by atoms with Gasteiger partial charge in [0.25, 0.3) is 5.88 Å². The molecule has 0 atom stereocenters. The van der Waals surface area contributed by atoms with E-state index in [0.29, 0.717) is 41.8 Å². The first-order valence-electron chi connectivity index (χ1n) is 10.3. The molecular formula is C24H22N4O4. The van der Waals surface area contributed by atoms with E-state index in [9.17, 15) is 19.8 Å². The average molecular weight is 430 g/mol. The van der Waals surface area contributed by atoms with E-state index < -0.39 is 5.97 Å². The van der Waals surface area contributed by atoms with Crippen LogP contribution < -0.4 is 0 Å². The lowest BCUT2D eigenvalue weighted by molar-refractivity contribution is 0.0697. The zero-order chi connectivity index (χ0) is 22.8. The molecule has 0 spiro atoms. The molecule has 162 valence electrons. The third-order valence-corrected chi connectivity index (χ3v) is 5.34. The molecule has 8 nitrogen and oxygen atoms in total. The molecule has 0 bridgehead atoms. The van der Waals surface area contributed by atoms with Gasteiger partial charge >= 0.3 is 5.97 Å². The summed E-state index contributed by atoms with van der Waals surface area (Å²) in [6, 6.07) is 14.4. The van der Waals surface area contributed by atoms with Crippen LogP contribution in [0, 0.1) is 6.92 Å². The van der Waals surface area contributed by atoms with E-state index in [1.165, 1.54) is 0 Å². The SMILES string of the molecule is CCCC(=O)c1nnc(O)c2c1nc(C)n2Cc1ccc(-c2ccccc2C(=O)O)cc1. The number of carboxylic acid groups (broad SMARTS) is 1. The van der Waals surface area contributed by atoms with Crippen LogP contribution in [0.1, 0.15) is 52.0 Å². The van der Waals surface area contributed by atoms with Crippen LogP contribution in [-0.2, 0) is 6.54 Å². The molecule has 0 saturated carbocycles. The first-order valence-corrected chi connectivity index (χ1v) is 10.3. The van der Waals surface area contributed by atoms with Gasteiger partial charge < -0.3 is 14.8 Å². The zero-order valence-corrected chi connectivity index (χ0v) is 17.7. The smallest absolute Gasteiger partial charge is 0.336 e. The van der Waals surface area contributed by atoms with Gasteiger partial charge in [-0.3, -0.25) is 4.79 Å². The molecule has 32 heavy (non-hydrogen) atoms. The number of benzene rings is 2. The molecule has 2 heterocycles. The average Bonchev–Trinajstić information content (AvgIpc) is 3.11. The van der Waals surface area contributed by atoms with E-state index in [4.69, 9.17) is 0 Å². The topological polar surface area (TPSA) is 118 Å². The summed E-state index contributed by atoms with van der Waals surface area (Å²) in [5.41, 5.74) is 3.48. The maximum atomic E-state index is 12.4. The van der Waals surface area contributed by atoms with Crippen LogP contribution in [0.3, 0.4) is 0 Å². The largest absolute Gasteiger partial charge is 0.491 e. The van der Waals surface area contributed by atoms with Crippen LogP contribution in [0.2, 0.25) is 0 Å². The Morgan fingerprint density at radius 1 is 1.03 bits per heavy atom. The molecule has 8 heteroatoms. The number of ketones is 1. The fraction of sp³-hybridized carbons (Fsp3) is 0.208. The second kappa shape index (κ2) is 8.58. The van der Waals surface area contributed by atoms with Gasteiger partial charge in [-0.05, 0) is 36.1 Å². The number of rotatable bonds is 7. The van der Waals surface area contributed by atoms with Crippen molar-refractivity contribution in [1.82, 2.24) is 19.7 Å². The van der Waals surface area contributed by atoms with E-state index in [2.05, 4.69) is 15.2 Å². The summed E-state index contributed by atoms with van der Waals surface area (Å²) in [6.45, 7) is 4.10. The van der Waals surface area contributed by atoms with Crippen LogP contribution in [0.5, 0.6) is 5.88 Å². The number of carbonyl (C=O) groups excluding carboxylic acids is 1. The summed E-state index contributed by atoms with van der Waals surface area (Å²) in [7, 11) is 0. The molecule has 0 aliphatic carbocycles. The summed E-state index contributed by atoms with van der Waals surface area (Å²) < 4.78 is 1.79. The van der Waals surface area contributed by atoms with Gasteiger partial charge in [-0.25, -0.2) is 9.78 Å². The Bertz CT molecular complexity index is 1330. The van der Waals surface area contributed by atoms with E-state index in [0.717, 1.165) is 11.1 Å². The first-order chi connectivity index (χ1) is 15.4. The Morgan fingerprint density at radius 3 is 2.44 bits per heavy atom. The van der Waals surface area contributed by atoms with Crippen LogP contribution >= 0.6 is 0 Å². The van der Waals surface area contributed by atoms with Gasteiger partial charge in [-0.15, -0.1) is 10.2 Å². The minimum absolute atomic E-state index is 0.156. The number of aromatic hydroxyl groups is 1. The van der Waals surface area contributed by atoms with Crippen molar-refractivity contribution in [1.29, 1.82) is 0 Å². The van der Waals surface area contributed by atoms with Crippen LogP contribution in [0.15, 0.2) is 48.5 Å². The lowest BCUT2D eigenvalue weighted by Crippen LogP contribution is -2.06. The van der Waals surface area contributed by atoms with Gasteiger partial charge in [0.1, 0.15) is 16.9 Å². The highest BCUT2D eigenvalue weighted by Crippen LogP contribution is 2.28. The van der Waals surface area contributed by atoms with Gasteiger partial charge in [-0.2, -0.15) is 0 Å². The number of hydrogen-bond acceptors (Lipinski definition) is 6. The molecule has 4 rings (SSSR count). The highest BCUT2D eigenvalue weighted by Gasteiger charge is 2.21. The third-order valence-electron chi connectivity index (χ3n) is 5.34. The molecule has 0 unspecified atom stereocenters. The Hall–Kier alpha value is -4.07. The number of aromatic carboxylic acids is 1. The molecular weight excluding hydrogens is 408 g/mol. The number of imidazole rings is 1. The number of carbonyl (C=O) groups is 2. The Kier molecular flexibility index (Phi) is 5.68. The van der Waals surface area contributed by atoms with Crippen LogP contribution in [0.4, 0.5) is 0 Å². The van der Waals surface area contributed by atoms with Gasteiger partial charge in [0.05, 0.1) is 5.56 Å². The minimum Gasteiger partial charge on any atom is -0.491 e. The summed E-state index contributed by atoms with van der Waals surface area (Å²) in [5.74, 6) is -0.789. The molecule has 0 aliphatic heterocycles. The number of nitrogens with zero attached hydrogens (tertiary/aromatic N) is 4. The summed E-state index contributed by atoms with van der Waals surface area (Å²) >= 11 is 0. The van der Waals surface area contributed by atoms with Crippen LogP contribution in [-0.4, -0.2) is 41.7 Å². The first kappa shape index (κ1) is 21.2. The fourth-order valence-electron chi connectivity index (χ4n) is 3.77. The highest BCUT2D eigenvalue weighted by molar-refractivity contribution is 6.05. The van der Waals surface area contributed by atoms with Crippen molar-refractivity contribution in [2.24, 2.45) is 0 Å². The molecule has 0 fully saturated rings. The van der Waals surface area contributed by atoms with Crippen LogP contribution in [0.25, 0.3) is 22.2 Å². The molecule has 2 N–H and O–H groups in total. The maximum Gasteiger partial charge on any atom is 0.336 e. The lowest BCUT2D eigenvalue weighted by atomic mass is 9.99. The lowest BCUT2D eigenvalue weighted by Gasteiger charge is -2.10. The Labute approximate surface area is 184 Å². The van der Waals surface area contributed by atoms with Gasteiger partial charge in [-0.1, -0.05) is 49.4 Å². The predicted molar refractivity (Wildman–Crippen MR) is 119 cm³/mol. The zero-order valence-electron chi connectivity index (χ0n) is 17.7. The Balaban J connectivity index is 1.70. The molecule has 0 radical (unpaired) electrons. The number of aromatic nitrogens is 4. The van der Waals surface area contributed by atoms with Crippen molar-refractivity contribution >= 4 is 22.8 Å². The van der Waals surface area contributed by atoms with Crippen molar-refractivity contribution < 1.29 is 19.8 Å². The summed E-state index contributed by atoms with van der Waals surface area (Å²) in [5, 5.41) is 27.4. The Morgan fingerprint density at radius 2 is 1.75 bits per heavy atom. The number of Topliss-reactive ketones (excluding diaryl/α,β-unsaturated/α-hetero) is 1. The molecule has 2 aromatic carbocycles. The second-order valence-electron chi connectivity index (χ2n) is 7.54. The van der Waals surface area contributed by atoms with E-state index in [-0.39, 0.29) is 22.9 Å². The van der Waals surface area contributed by atoms with E-state index >= 15 is 0 Å². The van der Waals surface area contributed by atoms with Crippen molar-refractivity contribution in [3.8, 4) is 17.0 Å². The van der Waals surface area contributed by atoms with Crippen molar-refractivity contribution in [2.45, 2.75) is 33.2 Å². The fourth-order valence-corrected chi connectivity index (χ4v) is 3.77. The number of aryl methyl sites for hydroxylation is 1. The minimum atomic E-state index is -0.977. The summed E-state index contributed by atoms with van der Waals surface area (Å²) in [4.78, 5) is 28.4. The highest BCUT2D eigenvalue weighted by atomic mass is 16.4. The molecule has 0 aliphatic rings. The van der Waals surface area contributed by atoms with Crippen molar-refractivity contribution in [2.75, 3.05) is 0 Å². The van der Waals surface area contributed by atoms with Gasteiger partial charge in [0, 0.05) is 13.0 Å². The third kappa shape index (κ3) is 3.82. The predicted octanol–water partition coefficient (Wildman–Crippen LogP) is 4.24. The summed E-state index contributed by atoms with van der Waals surface area (Å²) in [6.07, 6.45) is 1.01. The molecule has 0 saturated heterocycles. The van der Waals surface area contributed by atoms with Gasteiger partial charge in [0.15, 0.2) is 11.5 Å². The van der Waals surface area contributed by atoms with E-state index in [1.807, 2.05) is 31.2 Å². The quantitative estimate of drug-likeness (QED) is 0.421. The van der Waals surface area contributed by atoms with Gasteiger partial charge in [0.2, 0.25) is 0 Å². The maximum absolute atomic E-state index is 12.4. The number of carboxylic acids is 1. The number of hydrogen-bond donors (Lipinski definition) is 2. The van der Waals surface area contributed by atoms with Crippen molar-refractivity contribution in [3.05, 3.63) is 71.2 Å². The molecule has 4 aromatic rings. The molecule has 2 aromatic heterocycles. The normalized spacial score (nSPS) is 11.1. The number of fused-ring (bicyclic) bond motifs is 1. The standard InChI is InChI=1S/C24H22N4O4/c1-3-6-19(29)20-21-22(23(30)27-26-20)28(14(2)25-21)13-15-9-11-16(12-10-15)17-7-4-5-8-18(17)24(31)32/h4-5,7-12H,3,6,13H2,1-2H3,(H,27,30)(H,31,32). The monoisotopic (exact) mass is 430 g/mol. The molecule has 0 amide bonds. The van der Waals surface area contributed by atoms with Crippen molar-refractivity contribution in [3.63, 3.8) is 0 Å².